The lowest BCUT2D eigenvalue weighted by molar-refractivity contribution is -0.161. The molecule has 0 saturated carbocycles. The third-order valence-corrected chi connectivity index (χ3v) is 18.8. The van der Waals surface area contributed by atoms with E-state index in [0.29, 0.717) is 25.7 Å². The van der Waals surface area contributed by atoms with Gasteiger partial charge in [-0.15, -0.1) is 0 Å². The second-order valence-corrected chi connectivity index (χ2v) is 28.8. The number of aliphatic hydroxyl groups excluding tert-OH is 1. The van der Waals surface area contributed by atoms with Gasteiger partial charge in [0.1, 0.15) is 19.3 Å². The number of carbonyl (C=O) groups is 4. The molecule has 0 fully saturated rings. The van der Waals surface area contributed by atoms with Crippen molar-refractivity contribution in [3.05, 3.63) is 0 Å². The molecule has 0 spiro atoms. The van der Waals surface area contributed by atoms with E-state index in [0.717, 1.165) is 109 Å². The molecule has 17 nitrogen and oxygen atoms in total. The van der Waals surface area contributed by atoms with Crippen LogP contribution in [-0.2, 0) is 65.4 Å². The number of rotatable bonds is 71. The van der Waals surface area contributed by atoms with Gasteiger partial charge in [0.2, 0.25) is 0 Å². The van der Waals surface area contributed by atoms with Gasteiger partial charge in [-0.1, -0.05) is 317 Å². The molecule has 0 saturated heterocycles. The molecule has 6 atom stereocenters. The van der Waals surface area contributed by atoms with E-state index in [2.05, 4.69) is 34.6 Å². The van der Waals surface area contributed by atoms with Crippen molar-refractivity contribution in [1.82, 2.24) is 0 Å². The molecule has 0 amide bonds. The molecule has 3 N–H and O–H groups in total. The lowest BCUT2D eigenvalue weighted by Crippen LogP contribution is -2.30. The molecule has 0 heterocycles. The Morgan fingerprint density at radius 2 is 0.533 bits per heavy atom. The molecular weight excluding hydrogens is 1190 g/mol. The Hall–Kier alpha value is -1.94. The van der Waals surface area contributed by atoms with Crippen LogP contribution in [0.1, 0.15) is 369 Å². The molecular formula is C71H138O17P2. The van der Waals surface area contributed by atoms with Crippen molar-refractivity contribution >= 4 is 39.5 Å². The number of aliphatic hydroxyl groups is 1. The zero-order chi connectivity index (χ0) is 66.3. The first-order valence-corrected chi connectivity index (χ1v) is 40.2. The summed E-state index contributed by atoms with van der Waals surface area (Å²) in [6.07, 6.45) is 51.6. The largest absolute Gasteiger partial charge is 0.472 e. The van der Waals surface area contributed by atoms with Crippen molar-refractivity contribution in [1.29, 1.82) is 0 Å². The maximum atomic E-state index is 13.0. The second-order valence-electron chi connectivity index (χ2n) is 25.9. The van der Waals surface area contributed by atoms with Crippen molar-refractivity contribution in [2.45, 2.75) is 387 Å². The van der Waals surface area contributed by atoms with Crippen molar-refractivity contribution in [2.75, 3.05) is 39.6 Å². The zero-order valence-corrected chi connectivity index (χ0v) is 60.1. The van der Waals surface area contributed by atoms with E-state index in [4.69, 9.17) is 37.0 Å². The van der Waals surface area contributed by atoms with E-state index in [1.54, 1.807) is 0 Å². The predicted octanol–water partition coefficient (Wildman–Crippen LogP) is 20.5. The average molecular weight is 1330 g/mol. The molecule has 0 aliphatic carbocycles. The van der Waals surface area contributed by atoms with Gasteiger partial charge in [0.25, 0.3) is 0 Å². The molecule has 0 bridgehead atoms. The summed E-state index contributed by atoms with van der Waals surface area (Å²) >= 11 is 0. The van der Waals surface area contributed by atoms with Crippen LogP contribution in [0.4, 0.5) is 0 Å². The van der Waals surface area contributed by atoms with Crippen molar-refractivity contribution in [3.8, 4) is 0 Å². The fourth-order valence-corrected chi connectivity index (χ4v) is 12.4. The Morgan fingerprint density at radius 1 is 0.311 bits per heavy atom. The number of ether oxygens (including phenoxy) is 4. The quantitative estimate of drug-likeness (QED) is 0.0222. The van der Waals surface area contributed by atoms with E-state index in [1.165, 1.54) is 180 Å². The topological polar surface area (TPSA) is 237 Å². The number of phosphoric acid groups is 2. The monoisotopic (exact) mass is 1320 g/mol. The van der Waals surface area contributed by atoms with Gasteiger partial charge < -0.3 is 33.8 Å². The summed E-state index contributed by atoms with van der Waals surface area (Å²) in [4.78, 5) is 72.4. The Bertz CT molecular complexity index is 1740. The van der Waals surface area contributed by atoms with Crippen molar-refractivity contribution < 1.29 is 80.2 Å². The molecule has 0 aromatic carbocycles. The van der Waals surface area contributed by atoms with E-state index in [1.807, 2.05) is 0 Å². The summed E-state index contributed by atoms with van der Waals surface area (Å²) in [5.74, 6) is -1.41. The second kappa shape index (κ2) is 64.4. The first-order chi connectivity index (χ1) is 43.6. The third kappa shape index (κ3) is 63.5. The Kier molecular flexibility index (Phi) is 63.0. The number of esters is 4. The average Bonchev–Trinajstić information content (AvgIpc) is 3.44. The SMILES string of the molecule is CCCCCCCCCCCCCCCCCCCCCC(=O)O[C@H](COC(=O)CCCCCCCCCCCCCCCC)COP(=O)(O)OC[C@@H](O)COP(=O)(O)OC[C@@H](COC(=O)CCCCCCCCC)OC(=O)CCCCCCCCC(C)CC. The molecule has 534 valence electrons. The maximum Gasteiger partial charge on any atom is 0.472 e. The molecule has 0 aliphatic rings. The minimum Gasteiger partial charge on any atom is -0.462 e. The van der Waals surface area contributed by atoms with E-state index in [9.17, 15) is 43.2 Å². The van der Waals surface area contributed by atoms with Crippen molar-refractivity contribution in [3.63, 3.8) is 0 Å². The lowest BCUT2D eigenvalue weighted by Gasteiger charge is -2.21. The highest BCUT2D eigenvalue weighted by atomic mass is 31.2. The first-order valence-electron chi connectivity index (χ1n) is 37.2. The first kappa shape index (κ1) is 88.1. The predicted molar refractivity (Wildman–Crippen MR) is 363 cm³/mol. The van der Waals surface area contributed by atoms with Gasteiger partial charge in [-0.05, 0) is 31.6 Å². The number of hydrogen-bond acceptors (Lipinski definition) is 15. The van der Waals surface area contributed by atoms with Gasteiger partial charge in [-0.25, -0.2) is 9.13 Å². The summed E-state index contributed by atoms with van der Waals surface area (Å²) in [7, 11) is -9.89. The number of unbranched alkanes of at least 4 members (excludes halogenated alkanes) is 42. The maximum absolute atomic E-state index is 13.0. The molecule has 0 aromatic rings. The summed E-state index contributed by atoms with van der Waals surface area (Å²) in [5.41, 5.74) is 0. The summed E-state index contributed by atoms with van der Waals surface area (Å²) < 4.78 is 68.2. The van der Waals surface area contributed by atoms with Crippen LogP contribution in [-0.4, -0.2) is 96.7 Å². The van der Waals surface area contributed by atoms with E-state index < -0.39 is 97.5 Å². The van der Waals surface area contributed by atoms with Crippen molar-refractivity contribution in [2.24, 2.45) is 5.92 Å². The van der Waals surface area contributed by atoms with Gasteiger partial charge in [0.05, 0.1) is 26.4 Å². The van der Waals surface area contributed by atoms with Crippen LogP contribution in [0.2, 0.25) is 0 Å². The molecule has 0 rings (SSSR count). The molecule has 3 unspecified atom stereocenters. The van der Waals surface area contributed by atoms with Crippen LogP contribution in [0, 0.1) is 5.92 Å². The fourth-order valence-electron chi connectivity index (χ4n) is 10.8. The lowest BCUT2D eigenvalue weighted by atomic mass is 10.00. The minimum atomic E-state index is -4.95. The van der Waals surface area contributed by atoms with Gasteiger partial charge in [0.15, 0.2) is 12.2 Å². The van der Waals surface area contributed by atoms with Gasteiger partial charge in [-0.2, -0.15) is 0 Å². The van der Waals surface area contributed by atoms with Gasteiger partial charge in [-0.3, -0.25) is 37.3 Å². The summed E-state index contributed by atoms with van der Waals surface area (Å²) in [5, 5.41) is 10.6. The highest BCUT2D eigenvalue weighted by molar-refractivity contribution is 7.47. The van der Waals surface area contributed by atoms with Gasteiger partial charge >= 0.3 is 39.5 Å². The van der Waals surface area contributed by atoms with Crippen LogP contribution in [0.25, 0.3) is 0 Å². The van der Waals surface area contributed by atoms with Crippen LogP contribution < -0.4 is 0 Å². The molecule has 0 aromatic heterocycles. The van der Waals surface area contributed by atoms with Crippen LogP contribution >= 0.6 is 15.6 Å². The normalized spacial score (nSPS) is 14.4. The number of carbonyl (C=O) groups excluding carboxylic acids is 4. The van der Waals surface area contributed by atoms with Crippen LogP contribution in [0.5, 0.6) is 0 Å². The van der Waals surface area contributed by atoms with E-state index >= 15 is 0 Å². The number of hydrogen-bond donors (Lipinski definition) is 3. The molecule has 0 radical (unpaired) electrons. The number of phosphoric ester groups is 2. The van der Waals surface area contributed by atoms with E-state index in [-0.39, 0.29) is 25.7 Å². The fraction of sp³-hybridized carbons (Fsp3) is 0.944. The third-order valence-electron chi connectivity index (χ3n) is 16.9. The summed E-state index contributed by atoms with van der Waals surface area (Å²) in [6.45, 7) is 7.16. The zero-order valence-electron chi connectivity index (χ0n) is 58.3. The standard InChI is InChI=1S/C71H138O17P2/c1-6-10-13-16-19-21-23-25-27-28-29-30-31-33-35-37-40-46-51-56-70(75)87-66(61-82-69(74)55-50-45-39-36-34-32-26-24-22-20-17-14-11-7-2)62-85-89(77,78)83-58-65(72)59-84-90(79,80)86-63-67(60-81-68(73)54-49-44-38-18-15-12-8-3)88-71(76)57-52-47-42-41-43-48-53-64(5)9-4/h64-67,72H,6-63H2,1-5H3,(H,77,78)(H,79,80)/t64?,65-,66-,67-/m1/s1. The van der Waals surface area contributed by atoms with Crippen LogP contribution in [0.3, 0.4) is 0 Å². The highest BCUT2D eigenvalue weighted by Crippen LogP contribution is 2.45. The van der Waals surface area contributed by atoms with Crippen LogP contribution in [0.15, 0.2) is 0 Å². The molecule has 19 heteroatoms. The Balaban J connectivity index is 5.18. The van der Waals surface area contributed by atoms with Gasteiger partial charge in [0, 0.05) is 25.7 Å². The highest BCUT2D eigenvalue weighted by Gasteiger charge is 2.30. The Labute approximate surface area is 549 Å². The smallest absolute Gasteiger partial charge is 0.462 e. The minimum absolute atomic E-state index is 0.103. The molecule has 0 aliphatic heterocycles. The Morgan fingerprint density at radius 3 is 0.789 bits per heavy atom. The summed E-state index contributed by atoms with van der Waals surface area (Å²) in [6, 6.07) is 0. The molecule has 90 heavy (non-hydrogen) atoms.